The average molecular weight is 256 g/mol. The second kappa shape index (κ2) is 4.65. The molecule has 0 fully saturated rings. The Labute approximate surface area is 103 Å². The lowest BCUT2D eigenvalue weighted by molar-refractivity contribution is -0.137. The Bertz CT molecular complexity index is 541. The summed E-state index contributed by atoms with van der Waals surface area (Å²) in [7, 11) is 3.88. The van der Waals surface area contributed by atoms with E-state index in [1.54, 1.807) is 6.20 Å². The molecule has 1 aromatic carbocycles. The highest BCUT2D eigenvalue weighted by atomic mass is 19.4. The zero-order valence-corrected chi connectivity index (χ0v) is 10.3. The van der Waals surface area contributed by atoms with Gasteiger partial charge in [0.25, 0.3) is 0 Å². The molecule has 0 radical (unpaired) electrons. The summed E-state index contributed by atoms with van der Waals surface area (Å²) in [5.74, 6) is 0. The third-order valence-corrected chi connectivity index (χ3v) is 2.92. The number of likely N-dealkylation sites (N-methyl/N-ethyl adjacent to an activating group) is 1. The van der Waals surface area contributed by atoms with Gasteiger partial charge in [-0.1, -0.05) is 0 Å². The van der Waals surface area contributed by atoms with Crippen LogP contribution in [0.25, 0.3) is 10.9 Å². The first-order valence-corrected chi connectivity index (χ1v) is 5.70. The molecule has 0 saturated heterocycles. The van der Waals surface area contributed by atoms with Gasteiger partial charge in [0.1, 0.15) is 0 Å². The Hall–Kier alpha value is -1.49. The largest absolute Gasteiger partial charge is 0.416 e. The molecule has 0 aliphatic heterocycles. The molecule has 0 amide bonds. The van der Waals surface area contributed by atoms with Crippen molar-refractivity contribution < 1.29 is 13.2 Å². The van der Waals surface area contributed by atoms with Crippen LogP contribution in [0.15, 0.2) is 24.4 Å². The molecule has 1 heterocycles. The molecule has 18 heavy (non-hydrogen) atoms. The van der Waals surface area contributed by atoms with Crippen LogP contribution >= 0.6 is 0 Å². The van der Waals surface area contributed by atoms with Crippen LogP contribution in [0.3, 0.4) is 0 Å². The number of hydrogen-bond acceptors (Lipinski definition) is 1. The standard InChI is InChI=1S/C13H15F3N2/c1-18(2)6-5-9-8-17-12-4-3-10(7-11(9)12)13(14,15)16/h3-4,7-8,17H,5-6H2,1-2H3. The van der Waals surface area contributed by atoms with Crippen LogP contribution in [0.1, 0.15) is 11.1 Å². The van der Waals surface area contributed by atoms with E-state index < -0.39 is 11.7 Å². The van der Waals surface area contributed by atoms with Gasteiger partial charge in [-0.15, -0.1) is 0 Å². The van der Waals surface area contributed by atoms with E-state index in [4.69, 9.17) is 0 Å². The van der Waals surface area contributed by atoms with E-state index in [1.807, 2.05) is 19.0 Å². The highest BCUT2D eigenvalue weighted by Crippen LogP contribution is 2.32. The van der Waals surface area contributed by atoms with Gasteiger partial charge >= 0.3 is 6.18 Å². The van der Waals surface area contributed by atoms with E-state index in [0.717, 1.165) is 30.1 Å². The van der Waals surface area contributed by atoms with Gasteiger partial charge in [-0.05, 0) is 44.3 Å². The minimum atomic E-state index is -4.29. The van der Waals surface area contributed by atoms with Gasteiger partial charge in [0.05, 0.1) is 5.56 Å². The molecule has 0 aliphatic carbocycles. The highest BCUT2D eigenvalue weighted by Gasteiger charge is 2.30. The summed E-state index contributed by atoms with van der Waals surface area (Å²) >= 11 is 0. The Balaban J connectivity index is 2.37. The Kier molecular flexibility index (Phi) is 3.34. The van der Waals surface area contributed by atoms with Crippen molar-refractivity contribution in [1.29, 1.82) is 0 Å². The van der Waals surface area contributed by atoms with Gasteiger partial charge in [0.2, 0.25) is 0 Å². The number of nitrogens with zero attached hydrogens (tertiary/aromatic N) is 1. The van der Waals surface area contributed by atoms with Gasteiger partial charge in [-0.3, -0.25) is 0 Å². The number of benzene rings is 1. The molecule has 0 unspecified atom stereocenters. The van der Waals surface area contributed by atoms with E-state index in [-0.39, 0.29) is 0 Å². The Morgan fingerprint density at radius 1 is 1.22 bits per heavy atom. The monoisotopic (exact) mass is 256 g/mol. The fraction of sp³-hybridized carbons (Fsp3) is 0.385. The Morgan fingerprint density at radius 2 is 1.94 bits per heavy atom. The van der Waals surface area contributed by atoms with Crippen molar-refractivity contribution in [3.63, 3.8) is 0 Å². The number of nitrogens with one attached hydrogen (secondary N) is 1. The van der Waals surface area contributed by atoms with Gasteiger partial charge in [-0.25, -0.2) is 0 Å². The van der Waals surface area contributed by atoms with Crippen molar-refractivity contribution in [1.82, 2.24) is 9.88 Å². The Morgan fingerprint density at radius 3 is 2.56 bits per heavy atom. The van der Waals surface area contributed by atoms with E-state index in [0.29, 0.717) is 5.39 Å². The quantitative estimate of drug-likeness (QED) is 0.892. The maximum Gasteiger partial charge on any atom is 0.416 e. The number of halogens is 3. The topological polar surface area (TPSA) is 19.0 Å². The van der Waals surface area contributed by atoms with Gasteiger partial charge in [0.15, 0.2) is 0 Å². The summed E-state index contributed by atoms with van der Waals surface area (Å²) in [6.07, 6.45) is -1.77. The molecule has 0 saturated carbocycles. The summed E-state index contributed by atoms with van der Waals surface area (Å²) in [6, 6.07) is 3.81. The molecule has 98 valence electrons. The molecule has 2 rings (SSSR count). The van der Waals surface area contributed by atoms with E-state index in [1.165, 1.54) is 12.1 Å². The van der Waals surface area contributed by atoms with Gasteiger partial charge < -0.3 is 9.88 Å². The molecule has 5 heteroatoms. The van der Waals surface area contributed by atoms with Crippen molar-refractivity contribution in [3.8, 4) is 0 Å². The van der Waals surface area contributed by atoms with Crippen molar-refractivity contribution >= 4 is 10.9 Å². The van der Waals surface area contributed by atoms with E-state index >= 15 is 0 Å². The fourth-order valence-corrected chi connectivity index (χ4v) is 1.91. The lowest BCUT2D eigenvalue weighted by atomic mass is 10.1. The minimum absolute atomic E-state index is 0.597. The number of aromatic amines is 1. The number of rotatable bonds is 3. The van der Waals surface area contributed by atoms with E-state index in [2.05, 4.69) is 4.98 Å². The van der Waals surface area contributed by atoms with Crippen LogP contribution in [-0.2, 0) is 12.6 Å². The van der Waals surface area contributed by atoms with Crippen LogP contribution in [0.5, 0.6) is 0 Å². The van der Waals surface area contributed by atoms with Crippen molar-refractivity contribution in [2.24, 2.45) is 0 Å². The minimum Gasteiger partial charge on any atom is -0.361 e. The van der Waals surface area contributed by atoms with Gasteiger partial charge in [0, 0.05) is 23.6 Å². The van der Waals surface area contributed by atoms with Crippen LogP contribution < -0.4 is 0 Å². The first kappa shape index (κ1) is 13.0. The molecule has 2 nitrogen and oxygen atoms in total. The molecule has 1 N–H and O–H groups in total. The van der Waals surface area contributed by atoms with Crippen molar-refractivity contribution in [2.45, 2.75) is 12.6 Å². The summed E-state index contributed by atoms with van der Waals surface area (Å²) in [6.45, 7) is 0.809. The zero-order valence-electron chi connectivity index (χ0n) is 10.3. The average Bonchev–Trinajstić information content (AvgIpc) is 2.67. The first-order valence-electron chi connectivity index (χ1n) is 5.70. The fourth-order valence-electron chi connectivity index (χ4n) is 1.91. The maximum atomic E-state index is 12.6. The molecule has 2 aromatic rings. The summed E-state index contributed by atoms with van der Waals surface area (Å²) in [4.78, 5) is 5.01. The molecule has 0 aliphatic rings. The third-order valence-electron chi connectivity index (χ3n) is 2.92. The van der Waals surface area contributed by atoms with Crippen LogP contribution in [0, 0.1) is 0 Å². The maximum absolute atomic E-state index is 12.6. The molecular formula is C13H15F3N2. The summed E-state index contributed by atoms with van der Waals surface area (Å²) in [5, 5.41) is 0.659. The highest BCUT2D eigenvalue weighted by molar-refractivity contribution is 5.84. The molecule has 0 spiro atoms. The summed E-state index contributed by atoms with van der Waals surface area (Å²) in [5.41, 5.74) is 1.07. The molecule has 1 aromatic heterocycles. The van der Waals surface area contributed by atoms with E-state index in [9.17, 15) is 13.2 Å². The zero-order chi connectivity index (χ0) is 13.3. The van der Waals surface area contributed by atoms with Gasteiger partial charge in [-0.2, -0.15) is 13.2 Å². The number of fused-ring (bicyclic) bond motifs is 1. The molecular weight excluding hydrogens is 241 g/mol. The molecule has 0 bridgehead atoms. The number of hydrogen-bond donors (Lipinski definition) is 1. The normalized spacial score (nSPS) is 12.6. The van der Waals surface area contributed by atoms with Crippen molar-refractivity contribution in [2.75, 3.05) is 20.6 Å². The number of H-pyrrole nitrogens is 1. The first-order chi connectivity index (χ1) is 8.38. The van der Waals surface area contributed by atoms with Crippen LogP contribution in [0.4, 0.5) is 13.2 Å². The second-order valence-electron chi connectivity index (χ2n) is 4.63. The number of aromatic nitrogens is 1. The van der Waals surface area contributed by atoms with Crippen LogP contribution in [-0.4, -0.2) is 30.5 Å². The predicted molar refractivity (Wildman–Crippen MR) is 65.6 cm³/mol. The SMILES string of the molecule is CN(C)CCc1c[nH]c2ccc(C(F)(F)F)cc12. The third kappa shape index (κ3) is 2.67. The summed E-state index contributed by atoms with van der Waals surface area (Å²) < 4.78 is 37.9. The lowest BCUT2D eigenvalue weighted by Crippen LogP contribution is -2.14. The predicted octanol–water partition coefficient (Wildman–Crippen LogP) is 3.29. The number of alkyl halides is 3. The van der Waals surface area contributed by atoms with Crippen molar-refractivity contribution in [3.05, 3.63) is 35.5 Å². The second-order valence-corrected chi connectivity index (χ2v) is 4.63. The van der Waals surface area contributed by atoms with Crippen LogP contribution in [0.2, 0.25) is 0 Å². The smallest absolute Gasteiger partial charge is 0.361 e. The molecule has 0 atom stereocenters. The lowest BCUT2D eigenvalue weighted by Gasteiger charge is -2.09.